The summed E-state index contributed by atoms with van der Waals surface area (Å²) in [5, 5.41) is 2.14. The first-order valence-corrected chi connectivity index (χ1v) is 14.7. The Morgan fingerprint density at radius 1 is 0.850 bits per heavy atom. The molecule has 0 unspecified atom stereocenters. The third kappa shape index (κ3) is 6.82. The van der Waals surface area contributed by atoms with Gasteiger partial charge in [0.05, 0.1) is 6.54 Å². The van der Waals surface area contributed by atoms with Gasteiger partial charge in [0.2, 0.25) is 5.91 Å². The standard InChI is InChI=1S/C35H41N3O2/c1-27(2)23-37(35(40)31-20-19-29-14-9-10-15-30(29)22-31)26-34(39)38(32-16-7-4-8-17-32)25-33-18-11-21-36(33)24-28-12-5-3-6-13-28/h3,5-6,9-15,18-22,27,32H,4,7-8,16-17,23-26H2,1-2H3. The zero-order valence-electron chi connectivity index (χ0n) is 23.8. The summed E-state index contributed by atoms with van der Waals surface area (Å²) < 4.78 is 2.24. The number of benzene rings is 3. The van der Waals surface area contributed by atoms with Gasteiger partial charge in [0.15, 0.2) is 0 Å². The smallest absolute Gasteiger partial charge is 0.254 e. The number of fused-ring (bicyclic) bond motifs is 1. The van der Waals surface area contributed by atoms with E-state index in [4.69, 9.17) is 0 Å². The fraction of sp³-hybridized carbons (Fsp3) is 0.371. The Kier molecular flexibility index (Phi) is 9.00. The molecule has 1 fully saturated rings. The van der Waals surface area contributed by atoms with E-state index in [-0.39, 0.29) is 30.3 Å². The minimum atomic E-state index is -0.0798. The minimum absolute atomic E-state index is 0.0363. The summed E-state index contributed by atoms with van der Waals surface area (Å²) in [7, 11) is 0. The van der Waals surface area contributed by atoms with Gasteiger partial charge in [0.1, 0.15) is 6.54 Å². The van der Waals surface area contributed by atoms with E-state index in [1.165, 1.54) is 12.0 Å². The van der Waals surface area contributed by atoms with Gasteiger partial charge in [-0.2, -0.15) is 0 Å². The maximum atomic E-state index is 14.1. The Bertz CT molecular complexity index is 1420. The lowest BCUT2D eigenvalue weighted by Gasteiger charge is -2.36. The summed E-state index contributed by atoms with van der Waals surface area (Å²) in [6.45, 7) is 6.17. The maximum absolute atomic E-state index is 14.1. The van der Waals surface area contributed by atoms with Gasteiger partial charge in [-0.15, -0.1) is 0 Å². The second-order valence-corrected chi connectivity index (χ2v) is 11.6. The summed E-state index contributed by atoms with van der Waals surface area (Å²) >= 11 is 0. The Morgan fingerprint density at radius 3 is 2.33 bits per heavy atom. The Balaban J connectivity index is 1.38. The monoisotopic (exact) mass is 535 g/mol. The summed E-state index contributed by atoms with van der Waals surface area (Å²) in [6.07, 6.45) is 7.65. The fourth-order valence-corrected chi connectivity index (χ4v) is 5.93. The zero-order valence-corrected chi connectivity index (χ0v) is 23.8. The van der Waals surface area contributed by atoms with Crippen LogP contribution in [0, 0.1) is 5.92 Å². The van der Waals surface area contributed by atoms with Gasteiger partial charge < -0.3 is 14.4 Å². The van der Waals surface area contributed by atoms with Crippen LogP contribution >= 0.6 is 0 Å². The lowest BCUT2D eigenvalue weighted by molar-refractivity contribution is -0.135. The SMILES string of the molecule is CC(C)CN(CC(=O)N(Cc1cccn1Cc1ccccc1)C1CCCCC1)C(=O)c1ccc2ccccc2c1. The van der Waals surface area contributed by atoms with Gasteiger partial charge >= 0.3 is 0 Å². The number of carbonyl (C=O) groups excluding carboxylic acids is 2. The van der Waals surface area contributed by atoms with Crippen LogP contribution in [0.3, 0.4) is 0 Å². The molecule has 0 N–H and O–H groups in total. The average molecular weight is 536 g/mol. The molecule has 3 aromatic carbocycles. The second-order valence-electron chi connectivity index (χ2n) is 11.6. The normalized spacial score (nSPS) is 14.0. The van der Waals surface area contributed by atoms with Gasteiger partial charge in [0, 0.05) is 36.6 Å². The number of nitrogens with zero attached hydrogens (tertiary/aromatic N) is 3. The number of hydrogen-bond acceptors (Lipinski definition) is 2. The Morgan fingerprint density at radius 2 is 1.57 bits per heavy atom. The number of aromatic nitrogens is 1. The first kappa shape index (κ1) is 27.7. The molecular formula is C35H41N3O2. The molecule has 0 saturated heterocycles. The Hall–Kier alpha value is -3.86. The van der Waals surface area contributed by atoms with Gasteiger partial charge in [-0.3, -0.25) is 9.59 Å². The lowest BCUT2D eigenvalue weighted by Crippen LogP contribution is -2.48. The van der Waals surface area contributed by atoms with Crippen molar-refractivity contribution in [2.45, 2.75) is 65.1 Å². The highest BCUT2D eigenvalue weighted by Gasteiger charge is 2.29. The maximum Gasteiger partial charge on any atom is 0.254 e. The predicted octanol–water partition coefficient (Wildman–Crippen LogP) is 7.15. The molecule has 1 aromatic heterocycles. The van der Waals surface area contributed by atoms with Crippen molar-refractivity contribution in [1.29, 1.82) is 0 Å². The highest BCUT2D eigenvalue weighted by molar-refractivity contribution is 6.00. The van der Waals surface area contributed by atoms with Crippen molar-refractivity contribution in [2.24, 2.45) is 5.92 Å². The first-order valence-electron chi connectivity index (χ1n) is 14.7. The minimum Gasteiger partial charge on any atom is -0.345 e. The average Bonchev–Trinajstić information content (AvgIpc) is 3.41. The van der Waals surface area contributed by atoms with E-state index >= 15 is 0 Å². The van der Waals surface area contributed by atoms with Crippen molar-refractivity contribution in [2.75, 3.05) is 13.1 Å². The molecular weight excluding hydrogens is 494 g/mol. The highest BCUT2D eigenvalue weighted by Crippen LogP contribution is 2.25. The molecule has 0 radical (unpaired) electrons. The van der Waals surface area contributed by atoms with Gasteiger partial charge in [-0.1, -0.05) is 93.8 Å². The van der Waals surface area contributed by atoms with Crippen molar-refractivity contribution in [3.63, 3.8) is 0 Å². The number of carbonyl (C=O) groups is 2. The molecule has 0 spiro atoms. The highest BCUT2D eigenvalue weighted by atomic mass is 16.2. The van der Waals surface area contributed by atoms with E-state index in [9.17, 15) is 9.59 Å². The van der Waals surface area contributed by atoms with Crippen LogP contribution in [-0.4, -0.2) is 45.3 Å². The first-order chi connectivity index (χ1) is 19.5. The molecule has 2 amide bonds. The number of amides is 2. The van der Waals surface area contributed by atoms with E-state index in [2.05, 4.69) is 72.0 Å². The molecule has 0 aliphatic heterocycles. The van der Waals surface area contributed by atoms with Gasteiger partial charge in [-0.25, -0.2) is 0 Å². The van der Waals surface area contributed by atoms with Crippen LogP contribution in [0.25, 0.3) is 10.8 Å². The molecule has 1 aliphatic carbocycles. The van der Waals surface area contributed by atoms with Crippen LogP contribution < -0.4 is 0 Å². The largest absolute Gasteiger partial charge is 0.345 e. The summed E-state index contributed by atoms with van der Waals surface area (Å²) in [4.78, 5) is 31.7. The van der Waals surface area contributed by atoms with Crippen molar-refractivity contribution in [1.82, 2.24) is 14.4 Å². The van der Waals surface area contributed by atoms with Crippen molar-refractivity contribution in [3.05, 3.63) is 108 Å². The van der Waals surface area contributed by atoms with Crippen molar-refractivity contribution >= 4 is 22.6 Å². The van der Waals surface area contributed by atoms with Crippen LogP contribution in [0.5, 0.6) is 0 Å². The van der Waals surface area contributed by atoms with Crippen molar-refractivity contribution in [3.8, 4) is 0 Å². The zero-order chi connectivity index (χ0) is 27.9. The van der Waals surface area contributed by atoms with E-state index in [1.54, 1.807) is 4.90 Å². The van der Waals surface area contributed by atoms with Crippen LogP contribution in [0.1, 0.15) is 67.6 Å². The number of hydrogen-bond donors (Lipinski definition) is 0. The number of rotatable bonds is 10. The molecule has 1 aliphatic rings. The molecule has 5 rings (SSSR count). The molecule has 0 bridgehead atoms. The van der Waals surface area contributed by atoms with E-state index < -0.39 is 0 Å². The second kappa shape index (κ2) is 13.0. The van der Waals surface area contributed by atoms with Crippen LogP contribution in [0.15, 0.2) is 91.1 Å². The molecule has 1 saturated carbocycles. The van der Waals surface area contributed by atoms with Gasteiger partial charge in [-0.05, 0) is 59.4 Å². The van der Waals surface area contributed by atoms with Crippen molar-refractivity contribution < 1.29 is 9.59 Å². The summed E-state index contributed by atoms with van der Waals surface area (Å²) in [5.41, 5.74) is 2.99. The third-order valence-electron chi connectivity index (χ3n) is 7.98. The van der Waals surface area contributed by atoms with E-state index in [0.29, 0.717) is 18.7 Å². The molecule has 5 nitrogen and oxygen atoms in total. The Labute approximate surface area is 238 Å². The van der Waals surface area contributed by atoms with Crippen LogP contribution in [0.4, 0.5) is 0 Å². The molecule has 40 heavy (non-hydrogen) atoms. The summed E-state index contributed by atoms with van der Waals surface area (Å²) in [6, 6.07) is 28.7. The summed E-state index contributed by atoms with van der Waals surface area (Å²) in [5.74, 6) is 0.210. The van der Waals surface area contributed by atoms with E-state index in [1.807, 2.05) is 42.5 Å². The van der Waals surface area contributed by atoms with Crippen LogP contribution in [-0.2, 0) is 17.9 Å². The van der Waals surface area contributed by atoms with Crippen LogP contribution in [0.2, 0.25) is 0 Å². The lowest BCUT2D eigenvalue weighted by atomic mass is 9.94. The molecule has 208 valence electrons. The van der Waals surface area contributed by atoms with Gasteiger partial charge in [0.25, 0.3) is 5.91 Å². The molecule has 4 aromatic rings. The third-order valence-corrected chi connectivity index (χ3v) is 7.98. The molecule has 1 heterocycles. The topological polar surface area (TPSA) is 45.6 Å². The van der Waals surface area contributed by atoms with E-state index in [0.717, 1.165) is 48.7 Å². The fourth-order valence-electron chi connectivity index (χ4n) is 5.93. The molecule has 0 atom stereocenters. The quantitative estimate of drug-likeness (QED) is 0.216. The predicted molar refractivity (Wildman–Crippen MR) is 162 cm³/mol. The molecule has 5 heteroatoms.